The van der Waals surface area contributed by atoms with Gasteiger partial charge in [-0.3, -0.25) is 4.79 Å². The first-order chi connectivity index (χ1) is 17.9. The fraction of sp³-hybridized carbons (Fsp3) is 0.222. The fourth-order valence-corrected chi connectivity index (χ4v) is 4.55. The Bertz CT molecular complexity index is 1590. The third-order valence-corrected chi connectivity index (χ3v) is 6.59. The van der Waals surface area contributed by atoms with Gasteiger partial charge in [-0.25, -0.2) is 9.78 Å². The topological polar surface area (TPSA) is 112 Å². The van der Waals surface area contributed by atoms with Crippen molar-refractivity contribution < 1.29 is 18.7 Å². The summed E-state index contributed by atoms with van der Waals surface area (Å²) in [5, 5.41) is 12.4. The number of carbonyl (C=O) groups is 2. The van der Waals surface area contributed by atoms with E-state index in [0.29, 0.717) is 40.7 Å². The molecule has 0 bridgehead atoms. The zero-order valence-corrected chi connectivity index (χ0v) is 21.5. The van der Waals surface area contributed by atoms with E-state index in [-0.39, 0.29) is 17.6 Å². The summed E-state index contributed by atoms with van der Waals surface area (Å²) in [6.07, 6.45) is 0. The van der Waals surface area contributed by atoms with Crippen LogP contribution in [-0.4, -0.2) is 44.2 Å². The number of amides is 1. The minimum atomic E-state index is -0.380. The Hall–Kier alpha value is -4.18. The molecular weight excluding hydrogens is 490 g/mol. The summed E-state index contributed by atoms with van der Waals surface area (Å²) in [5.41, 5.74) is 6.76. The molecule has 0 aliphatic heterocycles. The quantitative estimate of drug-likeness (QED) is 0.232. The molecule has 2 aromatic heterocycles. The van der Waals surface area contributed by atoms with Crippen molar-refractivity contribution in [2.45, 2.75) is 32.5 Å². The second-order valence-electron chi connectivity index (χ2n) is 8.52. The smallest absolute Gasteiger partial charge is 0.338 e. The van der Waals surface area contributed by atoms with E-state index in [4.69, 9.17) is 9.15 Å². The number of oxazole rings is 1. The zero-order chi connectivity index (χ0) is 25.9. The highest BCUT2D eigenvalue weighted by molar-refractivity contribution is 7.99. The Balaban J connectivity index is 1.28. The minimum Gasteiger partial charge on any atom is -0.462 e. The van der Waals surface area contributed by atoms with Crippen LogP contribution in [0.15, 0.2) is 64.2 Å². The van der Waals surface area contributed by atoms with Crippen LogP contribution in [0.25, 0.3) is 27.8 Å². The number of hydrogen-bond acceptors (Lipinski definition) is 8. The van der Waals surface area contributed by atoms with Crippen molar-refractivity contribution in [3.05, 3.63) is 76.9 Å². The van der Waals surface area contributed by atoms with Gasteiger partial charge >= 0.3 is 5.97 Å². The number of benzene rings is 3. The van der Waals surface area contributed by atoms with Crippen molar-refractivity contribution in [3.8, 4) is 5.69 Å². The molecule has 1 N–H and O–H groups in total. The SMILES string of the molecule is CCOC(=O)c1ccc(C)c(CNC(=O)CSc2nc3cc(C)cc(-n4nc5ccccc5n4)c3o2)c1. The van der Waals surface area contributed by atoms with Crippen LogP contribution in [0.4, 0.5) is 0 Å². The maximum atomic E-state index is 12.6. The lowest BCUT2D eigenvalue weighted by Crippen LogP contribution is -2.25. The van der Waals surface area contributed by atoms with Crippen molar-refractivity contribution in [2.24, 2.45) is 0 Å². The first-order valence-corrected chi connectivity index (χ1v) is 12.8. The van der Waals surface area contributed by atoms with Crippen LogP contribution < -0.4 is 5.32 Å². The Labute approximate surface area is 217 Å². The number of aromatic nitrogens is 4. The van der Waals surface area contributed by atoms with Gasteiger partial charge in [-0.1, -0.05) is 30.0 Å². The van der Waals surface area contributed by atoms with E-state index >= 15 is 0 Å². The molecular formula is C27H25N5O4S. The van der Waals surface area contributed by atoms with Crippen molar-refractivity contribution in [1.29, 1.82) is 0 Å². The molecule has 0 atom stereocenters. The molecule has 5 aromatic rings. The third kappa shape index (κ3) is 5.34. The van der Waals surface area contributed by atoms with Crippen LogP contribution in [0.5, 0.6) is 0 Å². The van der Waals surface area contributed by atoms with E-state index in [9.17, 15) is 9.59 Å². The van der Waals surface area contributed by atoms with Crippen LogP contribution in [0.3, 0.4) is 0 Å². The molecule has 0 aliphatic carbocycles. The molecule has 2 heterocycles. The number of esters is 1. The number of hydrogen-bond donors (Lipinski definition) is 1. The predicted octanol–water partition coefficient (Wildman–Crippen LogP) is 4.76. The second kappa shape index (κ2) is 10.4. The maximum absolute atomic E-state index is 12.6. The maximum Gasteiger partial charge on any atom is 0.338 e. The lowest BCUT2D eigenvalue weighted by atomic mass is 10.0. The molecule has 0 radical (unpaired) electrons. The predicted molar refractivity (Wildman–Crippen MR) is 141 cm³/mol. The highest BCUT2D eigenvalue weighted by Gasteiger charge is 2.17. The van der Waals surface area contributed by atoms with Gasteiger partial charge in [0.1, 0.15) is 22.2 Å². The lowest BCUT2D eigenvalue weighted by molar-refractivity contribution is -0.118. The van der Waals surface area contributed by atoms with Gasteiger partial charge in [0.15, 0.2) is 5.58 Å². The molecule has 3 aromatic carbocycles. The summed E-state index contributed by atoms with van der Waals surface area (Å²) in [7, 11) is 0. The largest absolute Gasteiger partial charge is 0.462 e. The minimum absolute atomic E-state index is 0.127. The number of fused-ring (bicyclic) bond motifs is 2. The van der Waals surface area contributed by atoms with Gasteiger partial charge in [0.25, 0.3) is 5.22 Å². The molecule has 10 heteroatoms. The molecule has 37 heavy (non-hydrogen) atoms. The summed E-state index contributed by atoms with van der Waals surface area (Å²) < 4.78 is 11.1. The Morgan fingerprint density at radius 2 is 1.78 bits per heavy atom. The van der Waals surface area contributed by atoms with Crippen LogP contribution in [0.2, 0.25) is 0 Å². The summed E-state index contributed by atoms with van der Waals surface area (Å²) in [5.74, 6) is -0.430. The first kappa shape index (κ1) is 24.5. The summed E-state index contributed by atoms with van der Waals surface area (Å²) in [4.78, 5) is 30.7. The number of carbonyl (C=O) groups excluding carboxylic acids is 2. The average molecular weight is 516 g/mol. The number of aryl methyl sites for hydroxylation is 2. The van der Waals surface area contributed by atoms with E-state index in [1.54, 1.807) is 23.9 Å². The molecule has 5 rings (SSSR count). The van der Waals surface area contributed by atoms with E-state index in [0.717, 1.165) is 27.7 Å². The zero-order valence-electron chi connectivity index (χ0n) is 20.6. The molecule has 188 valence electrons. The van der Waals surface area contributed by atoms with Gasteiger partial charge in [-0.15, -0.1) is 15.0 Å². The molecule has 0 unspecified atom stereocenters. The molecule has 1 amide bonds. The van der Waals surface area contributed by atoms with Crippen molar-refractivity contribution in [1.82, 2.24) is 25.3 Å². The fourth-order valence-electron chi connectivity index (χ4n) is 3.88. The number of nitrogens with zero attached hydrogens (tertiary/aromatic N) is 4. The van der Waals surface area contributed by atoms with Crippen molar-refractivity contribution in [3.63, 3.8) is 0 Å². The molecule has 0 spiro atoms. The number of thioether (sulfide) groups is 1. The number of nitrogens with one attached hydrogen (secondary N) is 1. The second-order valence-corrected chi connectivity index (χ2v) is 9.44. The van der Waals surface area contributed by atoms with E-state index in [1.807, 2.05) is 56.3 Å². The van der Waals surface area contributed by atoms with Crippen molar-refractivity contribution >= 4 is 45.8 Å². The number of rotatable bonds is 8. The van der Waals surface area contributed by atoms with Gasteiger partial charge in [0, 0.05) is 6.54 Å². The average Bonchev–Trinajstić information content (AvgIpc) is 3.50. The molecule has 0 saturated carbocycles. The van der Waals surface area contributed by atoms with E-state index < -0.39 is 0 Å². The monoisotopic (exact) mass is 515 g/mol. The summed E-state index contributed by atoms with van der Waals surface area (Å²) in [6.45, 7) is 6.27. The summed E-state index contributed by atoms with van der Waals surface area (Å²) >= 11 is 1.21. The van der Waals surface area contributed by atoms with E-state index in [1.165, 1.54) is 11.8 Å². The van der Waals surface area contributed by atoms with Gasteiger partial charge in [0.2, 0.25) is 5.91 Å². The molecule has 9 nitrogen and oxygen atoms in total. The van der Waals surface area contributed by atoms with Gasteiger partial charge in [-0.2, -0.15) is 0 Å². The van der Waals surface area contributed by atoms with Gasteiger partial charge < -0.3 is 14.5 Å². The Kier molecular flexibility index (Phi) is 6.91. The van der Waals surface area contributed by atoms with Crippen molar-refractivity contribution in [2.75, 3.05) is 12.4 Å². The molecule has 0 aliphatic rings. The summed E-state index contributed by atoms with van der Waals surface area (Å²) in [6, 6.07) is 16.8. The number of ether oxygens (including phenoxy) is 1. The van der Waals surface area contributed by atoms with E-state index in [2.05, 4.69) is 20.5 Å². The third-order valence-electron chi connectivity index (χ3n) is 5.76. The van der Waals surface area contributed by atoms with Crippen LogP contribution in [-0.2, 0) is 16.1 Å². The van der Waals surface area contributed by atoms with Crippen LogP contribution in [0.1, 0.15) is 34.0 Å². The van der Waals surface area contributed by atoms with Crippen LogP contribution >= 0.6 is 11.8 Å². The standard InChI is InChI=1S/C27H25N5O4S/c1-4-35-26(34)18-10-9-17(3)19(13-18)14-28-24(33)15-37-27-29-22-11-16(2)12-23(25(22)36-27)32-30-20-7-5-6-8-21(20)31-32/h5-13H,4,14-15H2,1-3H3,(H,28,33). The Morgan fingerprint density at radius 3 is 2.51 bits per heavy atom. The molecule has 0 fully saturated rings. The van der Waals surface area contributed by atoms with Gasteiger partial charge in [0.05, 0.1) is 17.9 Å². The first-order valence-electron chi connectivity index (χ1n) is 11.8. The highest BCUT2D eigenvalue weighted by Crippen LogP contribution is 2.29. The molecule has 0 saturated heterocycles. The van der Waals surface area contributed by atoms with Crippen LogP contribution in [0, 0.1) is 13.8 Å². The van der Waals surface area contributed by atoms with Gasteiger partial charge in [-0.05, 0) is 73.9 Å². The normalized spacial score (nSPS) is 11.2. The Morgan fingerprint density at radius 1 is 1.03 bits per heavy atom. The lowest BCUT2D eigenvalue weighted by Gasteiger charge is -2.10. The highest BCUT2D eigenvalue weighted by atomic mass is 32.2.